The van der Waals surface area contributed by atoms with Crippen LogP contribution in [0.15, 0.2) is 193 Å². The van der Waals surface area contributed by atoms with Crippen molar-refractivity contribution in [2.75, 3.05) is 21.9 Å². The molecule has 0 saturated carbocycles. The molecule has 0 amide bonds. The lowest BCUT2D eigenvalue weighted by molar-refractivity contribution is 0.424. The molecule has 0 unspecified atom stereocenters. The van der Waals surface area contributed by atoms with Gasteiger partial charge in [-0.25, -0.2) is 25.3 Å². The maximum Gasteiger partial charge on any atom is 0.489 e. The third kappa shape index (κ3) is 25.7. The molecule has 0 bridgehead atoms. The summed E-state index contributed by atoms with van der Waals surface area (Å²) >= 11 is 6.61. The quantitative estimate of drug-likeness (QED) is 0.0393. The Hall–Kier alpha value is -5.54. The van der Waals surface area contributed by atoms with Gasteiger partial charge >= 0.3 is 21.2 Å². The van der Waals surface area contributed by atoms with E-state index in [-0.39, 0.29) is 20.1 Å². The van der Waals surface area contributed by atoms with Crippen LogP contribution in [0.25, 0.3) is 36.4 Å². The van der Waals surface area contributed by atoms with Crippen LogP contribution in [0.3, 0.4) is 0 Å². The van der Waals surface area contributed by atoms with Crippen molar-refractivity contribution in [3.05, 3.63) is 193 Å². The maximum atomic E-state index is 12.6. The molecule has 7 rings (SSSR count). The minimum Gasteiger partial charge on any atom is -0.540 e. The number of nitrogens with two attached hydrogens (primary N) is 2. The van der Waals surface area contributed by atoms with Crippen molar-refractivity contribution in [2.24, 2.45) is 0 Å². The third-order valence-electron chi connectivity index (χ3n) is 9.87. The van der Waals surface area contributed by atoms with Crippen molar-refractivity contribution >= 4 is 111 Å². The van der Waals surface area contributed by atoms with Gasteiger partial charge in [0.05, 0.1) is 9.79 Å². The van der Waals surface area contributed by atoms with E-state index >= 15 is 0 Å². The molecular formula is C56H71B3Br2N7O10S3-3. The number of nitrogens with one attached hydrogen (secondary N) is 2. The Labute approximate surface area is 497 Å². The normalized spacial score (nSPS) is 11.6. The zero-order chi connectivity index (χ0) is 61.1. The lowest BCUT2D eigenvalue weighted by Gasteiger charge is -2.36. The highest BCUT2D eigenvalue weighted by molar-refractivity contribution is 9.10. The summed E-state index contributed by atoms with van der Waals surface area (Å²) in [5, 5.41) is 42.3. The van der Waals surface area contributed by atoms with E-state index in [0.29, 0.717) is 16.8 Å². The minimum absolute atomic E-state index is 0.0690. The Morgan fingerprint density at radius 3 is 1.00 bits per heavy atom. The second kappa shape index (κ2) is 30.7. The van der Waals surface area contributed by atoms with Crippen LogP contribution in [0, 0.1) is 0 Å². The van der Waals surface area contributed by atoms with E-state index in [4.69, 9.17) is 26.5 Å². The number of anilines is 4. The maximum absolute atomic E-state index is 12.6. The fourth-order valence-electron chi connectivity index (χ4n) is 6.92. The average Bonchev–Trinajstić information content (AvgIpc) is 3.35. The third-order valence-corrected chi connectivity index (χ3v) is 16.0. The topological polar surface area (TPSA) is 302 Å². The monoisotopic (exact) mass is 1290 g/mol. The van der Waals surface area contributed by atoms with Crippen molar-refractivity contribution in [3.8, 4) is 22.3 Å². The molecular weight excluding hydrogens is 1220 g/mol. The summed E-state index contributed by atoms with van der Waals surface area (Å²) in [5.41, 5.74) is 14.8. The first-order chi connectivity index (χ1) is 37.4. The zero-order valence-corrected chi connectivity index (χ0v) is 52.7. The molecule has 10 N–H and O–H groups in total. The largest absolute Gasteiger partial charge is 0.540 e. The van der Waals surface area contributed by atoms with Gasteiger partial charge in [-0.15, -0.1) is 16.6 Å². The lowest BCUT2D eigenvalue weighted by atomic mass is 9.80. The molecule has 0 aliphatic carbocycles. The molecule has 25 heteroatoms. The zero-order valence-electron chi connectivity index (χ0n) is 47.1. The highest BCUT2D eigenvalue weighted by Crippen LogP contribution is 2.35. The molecule has 81 heavy (non-hydrogen) atoms. The van der Waals surface area contributed by atoms with Crippen molar-refractivity contribution in [2.45, 2.75) is 107 Å². The van der Waals surface area contributed by atoms with Gasteiger partial charge in [0, 0.05) is 36.6 Å². The molecule has 434 valence electrons. The predicted molar refractivity (Wildman–Crippen MR) is 343 cm³/mol. The number of hydrogen-bond donors (Lipinski definition) is 8. The van der Waals surface area contributed by atoms with E-state index in [1.807, 2.05) is 66.7 Å². The molecule has 0 aromatic heterocycles. The first-order valence-electron chi connectivity index (χ1n) is 25.1. The standard InChI is InChI=1S/C17H22BN2O3S.C16H19N2O2S.C10H15BNO4S.C7H9BBrNO.C6H6BrN/c1-17(2,3)20-24(22,23)16-8-6-5-7-15(16)13-9-11-14(12-10-13)19-18(4)21;1-16(2,3)18-21(19,20)15-7-5-4-6-14(15)12-8-10-13(17)11-9-12;1-10(2,3)12-17(15,16)9-7-5-4-6-8(9)11(13)14;1-8(11)10-7-4-2-6(9)3-5-7;7-5-1-3-6(8)4-2-5/h5-12,19,21H,1-4H3;4-11H,17H2,1-3H3;4-7,13-14H,1-3H3;2-5,10-11H,1H3;1-4H,8H2/q3*-1;;. The molecule has 0 aliphatic rings. The number of benzene rings is 7. The number of halogens is 2. The van der Waals surface area contributed by atoms with Crippen LogP contribution in [0.2, 0.25) is 13.6 Å². The summed E-state index contributed by atoms with van der Waals surface area (Å²) in [7, 11) is -14.4. The highest BCUT2D eigenvalue weighted by atomic mass is 79.9. The van der Waals surface area contributed by atoms with Gasteiger partial charge in [-0.05, 0) is 132 Å². The predicted octanol–water partition coefficient (Wildman–Crippen LogP) is 11.8. The van der Waals surface area contributed by atoms with E-state index in [1.165, 1.54) is 24.3 Å². The van der Waals surface area contributed by atoms with Gasteiger partial charge in [0.1, 0.15) is 30.1 Å². The van der Waals surface area contributed by atoms with Crippen LogP contribution in [-0.4, -0.2) is 83.2 Å². The molecule has 0 saturated heterocycles. The van der Waals surface area contributed by atoms with Crippen LogP contribution in [0.1, 0.15) is 62.3 Å². The van der Waals surface area contributed by atoms with E-state index in [2.05, 4.69) is 56.5 Å². The fourth-order valence-corrected chi connectivity index (χ4v) is 12.1. The summed E-state index contributed by atoms with van der Waals surface area (Å²) in [4.78, 5) is 0.228. The Kier molecular flexibility index (Phi) is 26.4. The van der Waals surface area contributed by atoms with E-state index in [1.54, 1.807) is 155 Å². The first-order valence-corrected chi connectivity index (χ1v) is 31.0. The molecule has 0 spiro atoms. The average molecular weight is 1290 g/mol. The number of nitrogens with zero attached hydrogens (tertiary/aromatic N) is 3. The number of rotatable bonds is 13. The van der Waals surface area contributed by atoms with Crippen LogP contribution in [0.5, 0.6) is 0 Å². The summed E-state index contributed by atoms with van der Waals surface area (Å²) < 4.78 is 88.0. The van der Waals surface area contributed by atoms with Crippen LogP contribution in [-0.2, 0) is 30.1 Å². The van der Waals surface area contributed by atoms with Crippen molar-refractivity contribution < 1.29 is 45.3 Å². The molecule has 0 atom stereocenters. The lowest BCUT2D eigenvalue weighted by Crippen LogP contribution is -2.34. The van der Waals surface area contributed by atoms with Gasteiger partial charge in [0.25, 0.3) is 0 Å². The van der Waals surface area contributed by atoms with Crippen molar-refractivity contribution in [1.82, 2.24) is 0 Å². The van der Waals surface area contributed by atoms with Gasteiger partial charge in [-0.1, -0.05) is 173 Å². The van der Waals surface area contributed by atoms with E-state index < -0.39 is 67.9 Å². The number of sulfonamides is 3. The second-order valence-corrected chi connectivity index (χ2v) is 27.6. The molecule has 0 heterocycles. The number of hydrogen-bond acceptors (Lipinski definition) is 14. The molecule has 17 nitrogen and oxygen atoms in total. The van der Waals surface area contributed by atoms with Gasteiger partial charge < -0.3 is 56.2 Å². The summed E-state index contributed by atoms with van der Waals surface area (Å²) in [6.07, 6.45) is 0. The van der Waals surface area contributed by atoms with Gasteiger partial charge in [-0.3, -0.25) is 0 Å². The van der Waals surface area contributed by atoms with Gasteiger partial charge in [-0.2, -0.15) is 0 Å². The Balaban J connectivity index is 0.000000278. The fraction of sp³-hybridized carbons (Fsp3) is 0.250. The first kappa shape index (κ1) is 69.7. The molecule has 7 aromatic rings. The SMILES string of the molecule is CB(O)Nc1ccc(-c2ccccc2S(=O)(=O)[N-]C(C)(C)C)cc1.CB(O)Nc1ccc(Br)cc1.CC(C)(C)[N-]S(=O)(=O)c1ccccc1-c1ccc(N)cc1.CC(C)(C)[N-]S(=O)(=O)c1ccccc1B(O)O.Nc1ccc(Br)cc1. The minimum atomic E-state index is -3.89. The molecule has 0 fully saturated rings. The summed E-state index contributed by atoms with van der Waals surface area (Å²) in [5.74, 6) is 0. The van der Waals surface area contributed by atoms with Crippen molar-refractivity contribution in [1.29, 1.82) is 0 Å². The molecule has 7 aromatic carbocycles. The highest BCUT2D eigenvalue weighted by Gasteiger charge is 2.22. The Morgan fingerprint density at radius 1 is 0.407 bits per heavy atom. The summed E-state index contributed by atoms with van der Waals surface area (Å²) in [6, 6.07) is 48.9. The van der Waals surface area contributed by atoms with Gasteiger partial charge in [0.15, 0.2) is 0 Å². The summed E-state index contributed by atoms with van der Waals surface area (Å²) in [6.45, 7) is 18.8. The second-order valence-electron chi connectivity index (χ2n) is 21.0. The van der Waals surface area contributed by atoms with E-state index in [9.17, 15) is 30.3 Å². The van der Waals surface area contributed by atoms with Crippen LogP contribution < -0.4 is 27.4 Å². The van der Waals surface area contributed by atoms with Gasteiger partial charge in [0.2, 0.25) is 0 Å². The number of nitrogen functional groups attached to an aromatic ring is 2. The van der Waals surface area contributed by atoms with E-state index in [0.717, 1.165) is 37.1 Å². The Morgan fingerprint density at radius 2 is 0.679 bits per heavy atom. The van der Waals surface area contributed by atoms with Crippen LogP contribution in [0.4, 0.5) is 22.7 Å². The molecule has 0 aliphatic heterocycles. The van der Waals surface area contributed by atoms with Crippen LogP contribution >= 0.6 is 31.9 Å². The Bertz CT molecular complexity index is 3400. The smallest absolute Gasteiger partial charge is 0.489 e. The molecule has 0 radical (unpaired) electrons. The van der Waals surface area contributed by atoms with Crippen molar-refractivity contribution in [3.63, 3.8) is 0 Å².